The third kappa shape index (κ3) is 5.04. The molecule has 134 valence electrons. The molecular weight excluding hydrogens is 338 g/mol. The van der Waals surface area contributed by atoms with E-state index in [1.807, 2.05) is 13.8 Å². The van der Waals surface area contributed by atoms with E-state index in [9.17, 15) is 13.2 Å². The minimum absolute atomic E-state index is 0.139. The maximum atomic E-state index is 12.5. The predicted octanol–water partition coefficient (Wildman–Crippen LogP) is 2.12. The van der Waals surface area contributed by atoms with Crippen LogP contribution in [0.1, 0.15) is 22.8 Å². The number of hydrogen-bond donors (Lipinski definition) is 3. The van der Waals surface area contributed by atoms with E-state index in [0.717, 1.165) is 5.56 Å². The minimum atomic E-state index is -3.77. The fourth-order valence-corrected chi connectivity index (χ4v) is 3.22. The van der Waals surface area contributed by atoms with Crippen molar-refractivity contribution in [2.45, 2.75) is 18.7 Å². The second-order valence-electron chi connectivity index (χ2n) is 6.02. The van der Waals surface area contributed by atoms with Gasteiger partial charge < -0.3 is 11.1 Å². The first-order valence-corrected chi connectivity index (χ1v) is 9.48. The summed E-state index contributed by atoms with van der Waals surface area (Å²) in [5.41, 5.74) is 7.01. The summed E-state index contributed by atoms with van der Waals surface area (Å²) < 4.78 is 27.6. The SMILES string of the molecule is Cc1ccc(S(=O)(=O)Nc2ccccc2C(=O)NCC(C)CN)cc1. The topological polar surface area (TPSA) is 101 Å². The Balaban J connectivity index is 2.22. The Labute approximate surface area is 148 Å². The molecule has 0 aliphatic carbocycles. The summed E-state index contributed by atoms with van der Waals surface area (Å²) in [5, 5.41) is 2.77. The first kappa shape index (κ1) is 19.0. The van der Waals surface area contributed by atoms with Crippen molar-refractivity contribution in [3.63, 3.8) is 0 Å². The van der Waals surface area contributed by atoms with Gasteiger partial charge in [0.15, 0.2) is 0 Å². The van der Waals surface area contributed by atoms with Crippen LogP contribution >= 0.6 is 0 Å². The quantitative estimate of drug-likeness (QED) is 0.703. The highest BCUT2D eigenvalue weighted by Gasteiger charge is 2.18. The molecule has 0 spiro atoms. The number of carbonyl (C=O) groups is 1. The van der Waals surface area contributed by atoms with Crippen molar-refractivity contribution >= 4 is 21.6 Å². The molecular formula is C18H23N3O3S. The van der Waals surface area contributed by atoms with Gasteiger partial charge in [0.05, 0.1) is 16.1 Å². The number of nitrogens with one attached hydrogen (secondary N) is 2. The van der Waals surface area contributed by atoms with Gasteiger partial charge in [0, 0.05) is 6.54 Å². The smallest absolute Gasteiger partial charge is 0.261 e. The molecule has 0 heterocycles. The molecule has 0 bridgehead atoms. The number of hydrogen-bond acceptors (Lipinski definition) is 4. The number of aryl methyl sites for hydroxylation is 1. The largest absolute Gasteiger partial charge is 0.352 e. The zero-order valence-electron chi connectivity index (χ0n) is 14.3. The lowest BCUT2D eigenvalue weighted by atomic mass is 10.1. The van der Waals surface area contributed by atoms with Crippen LogP contribution in [-0.4, -0.2) is 27.4 Å². The maximum absolute atomic E-state index is 12.5. The van der Waals surface area contributed by atoms with Gasteiger partial charge in [-0.1, -0.05) is 36.8 Å². The van der Waals surface area contributed by atoms with E-state index in [2.05, 4.69) is 10.0 Å². The molecule has 25 heavy (non-hydrogen) atoms. The molecule has 0 saturated heterocycles. The van der Waals surface area contributed by atoms with E-state index in [0.29, 0.717) is 13.1 Å². The van der Waals surface area contributed by atoms with E-state index in [-0.39, 0.29) is 28.0 Å². The van der Waals surface area contributed by atoms with Gasteiger partial charge in [0.1, 0.15) is 0 Å². The van der Waals surface area contributed by atoms with Crippen molar-refractivity contribution in [2.24, 2.45) is 11.7 Å². The molecule has 1 amide bonds. The molecule has 4 N–H and O–H groups in total. The van der Waals surface area contributed by atoms with E-state index in [1.54, 1.807) is 36.4 Å². The van der Waals surface area contributed by atoms with Crippen LogP contribution in [0, 0.1) is 12.8 Å². The van der Waals surface area contributed by atoms with Crippen molar-refractivity contribution in [2.75, 3.05) is 17.8 Å². The van der Waals surface area contributed by atoms with Crippen LogP contribution in [0.5, 0.6) is 0 Å². The second kappa shape index (κ2) is 8.13. The average Bonchev–Trinajstić information content (AvgIpc) is 2.59. The average molecular weight is 361 g/mol. The van der Waals surface area contributed by atoms with Crippen molar-refractivity contribution in [1.82, 2.24) is 5.32 Å². The van der Waals surface area contributed by atoms with Gasteiger partial charge in [0.2, 0.25) is 0 Å². The molecule has 7 heteroatoms. The summed E-state index contributed by atoms with van der Waals surface area (Å²) in [6.07, 6.45) is 0. The number of nitrogens with two attached hydrogens (primary N) is 1. The molecule has 2 aromatic rings. The molecule has 0 saturated carbocycles. The van der Waals surface area contributed by atoms with Crippen molar-refractivity contribution in [3.05, 3.63) is 59.7 Å². The standard InChI is InChI=1S/C18H23N3O3S/c1-13-7-9-15(10-8-13)25(23,24)21-17-6-4-3-5-16(17)18(22)20-12-14(2)11-19/h3-10,14,21H,11-12,19H2,1-2H3,(H,20,22). The van der Waals surface area contributed by atoms with E-state index < -0.39 is 10.0 Å². The third-order valence-corrected chi connectivity index (χ3v) is 5.14. The van der Waals surface area contributed by atoms with Crippen molar-refractivity contribution < 1.29 is 13.2 Å². The van der Waals surface area contributed by atoms with Crippen LogP contribution in [0.15, 0.2) is 53.4 Å². The normalized spacial score (nSPS) is 12.4. The Morgan fingerprint density at radius 1 is 1.12 bits per heavy atom. The summed E-state index contributed by atoms with van der Waals surface area (Å²) in [6, 6.07) is 13.0. The number of sulfonamides is 1. The lowest BCUT2D eigenvalue weighted by Gasteiger charge is -2.14. The van der Waals surface area contributed by atoms with Gasteiger partial charge in [-0.05, 0) is 43.7 Å². The van der Waals surface area contributed by atoms with Gasteiger partial charge in [-0.3, -0.25) is 9.52 Å². The Hall–Kier alpha value is -2.38. The summed E-state index contributed by atoms with van der Waals surface area (Å²) in [7, 11) is -3.77. The van der Waals surface area contributed by atoms with Crippen LogP contribution in [0.3, 0.4) is 0 Å². The fourth-order valence-electron chi connectivity index (χ4n) is 2.14. The molecule has 0 aliphatic heterocycles. The number of anilines is 1. The monoisotopic (exact) mass is 361 g/mol. The zero-order valence-corrected chi connectivity index (χ0v) is 15.1. The van der Waals surface area contributed by atoms with Crippen LogP contribution in [-0.2, 0) is 10.0 Å². The van der Waals surface area contributed by atoms with E-state index >= 15 is 0 Å². The molecule has 0 aromatic heterocycles. The highest BCUT2D eigenvalue weighted by molar-refractivity contribution is 7.92. The number of para-hydroxylation sites is 1. The zero-order chi connectivity index (χ0) is 18.4. The van der Waals surface area contributed by atoms with E-state index in [1.165, 1.54) is 12.1 Å². The maximum Gasteiger partial charge on any atom is 0.261 e. The van der Waals surface area contributed by atoms with Crippen LogP contribution in [0.25, 0.3) is 0 Å². The minimum Gasteiger partial charge on any atom is -0.352 e. The van der Waals surface area contributed by atoms with Gasteiger partial charge in [-0.2, -0.15) is 0 Å². The Morgan fingerprint density at radius 3 is 2.40 bits per heavy atom. The molecule has 0 aliphatic rings. The Kier molecular flexibility index (Phi) is 6.17. The molecule has 2 aromatic carbocycles. The predicted molar refractivity (Wildman–Crippen MR) is 99.0 cm³/mol. The van der Waals surface area contributed by atoms with E-state index in [4.69, 9.17) is 5.73 Å². The van der Waals surface area contributed by atoms with Gasteiger partial charge in [0.25, 0.3) is 15.9 Å². The first-order valence-electron chi connectivity index (χ1n) is 8.00. The molecule has 6 nitrogen and oxygen atoms in total. The fraction of sp³-hybridized carbons (Fsp3) is 0.278. The number of rotatable bonds is 7. The first-order chi connectivity index (χ1) is 11.8. The van der Waals surface area contributed by atoms with Gasteiger partial charge >= 0.3 is 0 Å². The summed E-state index contributed by atoms with van der Waals surface area (Å²) >= 11 is 0. The molecule has 1 unspecified atom stereocenters. The Bertz CT molecular complexity index is 833. The van der Waals surface area contributed by atoms with Crippen molar-refractivity contribution in [1.29, 1.82) is 0 Å². The second-order valence-corrected chi connectivity index (χ2v) is 7.70. The number of carbonyl (C=O) groups excluding carboxylic acids is 1. The van der Waals surface area contributed by atoms with Gasteiger partial charge in [-0.15, -0.1) is 0 Å². The van der Waals surface area contributed by atoms with Crippen molar-refractivity contribution in [3.8, 4) is 0 Å². The summed E-state index contributed by atoms with van der Waals surface area (Å²) in [4.78, 5) is 12.5. The van der Waals surface area contributed by atoms with Crippen LogP contribution in [0.2, 0.25) is 0 Å². The highest BCUT2D eigenvalue weighted by Crippen LogP contribution is 2.20. The number of amides is 1. The number of benzene rings is 2. The van der Waals surface area contributed by atoms with Crippen LogP contribution in [0.4, 0.5) is 5.69 Å². The molecule has 1 atom stereocenters. The highest BCUT2D eigenvalue weighted by atomic mass is 32.2. The lowest BCUT2D eigenvalue weighted by Crippen LogP contribution is -2.31. The van der Waals surface area contributed by atoms with Gasteiger partial charge in [-0.25, -0.2) is 8.42 Å². The third-order valence-electron chi connectivity index (χ3n) is 3.76. The summed E-state index contributed by atoms with van der Waals surface area (Å²) in [6.45, 7) is 4.69. The molecule has 0 radical (unpaired) electrons. The molecule has 2 rings (SSSR count). The lowest BCUT2D eigenvalue weighted by molar-refractivity contribution is 0.0949. The molecule has 0 fully saturated rings. The Morgan fingerprint density at radius 2 is 1.76 bits per heavy atom. The summed E-state index contributed by atoms with van der Waals surface area (Å²) in [5.74, 6) is -0.206. The van der Waals surface area contributed by atoms with Crippen LogP contribution < -0.4 is 15.8 Å².